The number of halogens is 1. The van der Waals surface area contributed by atoms with Gasteiger partial charge in [0.15, 0.2) is 8.32 Å². The molecule has 0 amide bonds. The van der Waals surface area contributed by atoms with E-state index in [-0.39, 0.29) is 11.0 Å². The van der Waals surface area contributed by atoms with Crippen molar-refractivity contribution in [3.63, 3.8) is 0 Å². The average molecular weight is 442 g/mol. The molecule has 0 saturated carbocycles. The molecule has 1 N–H and O–H groups in total. The normalized spacial score (nSPS) is 14.9. The topological polar surface area (TPSA) is 64.6 Å². The highest BCUT2D eigenvalue weighted by Gasteiger charge is 2.43. The van der Waals surface area contributed by atoms with E-state index in [0.29, 0.717) is 23.6 Å². The number of hydrogen-bond acceptors (Lipinski definition) is 5. The number of rotatable bonds is 9. The van der Waals surface area contributed by atoms with Crippen LogP contribution in [-0.2, 0) is 18.8 Å². The Morgan fingerprint density at radius 2 is 1.83 bits per heavy atom. The number of nitrogens with one attached hydrogen (secondary N) is 1. The van der Waals surface area contributed by atoms with E-state index in [4.69, 9.17) is 20.8 Å². The Kier molecular flexibility index (Phi) is 9.08. The van der Waals surface area contributed by atoms with Crippen LogP contribution < -0.4 is 5.32 Å². The summed E-state index contributed by atoms with van der Waals surface area (Å²) < 4.78 is 12.3. The molecule has 0 radical (unpaired) electrons. The lowest BCUT2D eigenvalue weighted by Crippen LogP contribution is -2.52. The predicted octanol–water partition coefficient (Wildman–Crippen LogP) is 5.29. The van der Waals surface area contributed by atoms with Crippen LogP contribution in [0.1, 0.15) is 59.4 Å². The van der Waals surface area contributed by atoms with Crippen molar-refractivity contribution in [2.75, 3.05) is 6.54 Å². The molecule has 0 aromatic heterocycles. The standard InChI is InChI=1S/C22H36ClNO4Si/c1-21(2,3)27-20(26)18(16-11-9-12-17(23)15-16)19(24-13-10-14-25)28-29(7,8)22(4,5)6/h9,11-12,14-15,18-19,24H,10,13H2,1-8H3/t18-,19?/m1/s1. The van der Waals surface area contributed by atoms with Gasteiger partial charge in [0.2, 0.25) is 0 Å². The third kappa shape index (κ3) is 8.20. The number of aldehydes is 1. The molecular formula is C22H36ClNO4Si. The van der Waals surface area contributed by atoms with E-state index >= 15 is 0 Å². The van der Waals surface area contributed by atoms with Gasteiger partial charge < -0.3 is 14.0 Å². The first-order valence-corrected chi connectivity index (χ1v) is 13.3. The highest BCUT2D eigenvalue weighted by Crippen LogP contribution is 2.39. The summed E-state index contributed by atoms with van der Waals surface area (Å²) in [5.41, 5.74) is 0.0761. The van der Waals surface area contributed by atoms with Crippen LogP contribution >= 0.6 is 11.6 Å². The van der Waals surface area contributed by atoms with Crippen LogP contribution in [0.3, 0.4) is 0 Å². The molecule has 0 bridgehead atoms. The monoisotopic (exact) mass is 441 g/mol. The van der Waals surface area contributed by atoms with Crippen LogP contribution in [0.25, 0.3) is 0 Å². The van der Waals surface area contributed by atoms with Crippen LogP contribution in [-0.4, -0.2) is 38.9 Å². The third-order valence-electron chi connectivity index (χ3n) is 5.01. The van der Waals surface area contributed by atoms with E-state index in [9.17, 15) is 9.59 Å². The Morgan fingerprint density at radius 1 is 1.21 bits per heavy atom. The maximum Gasteiger partial charge on any atom is 0.317 e. The summed E-state index contributed by atoms with van der Waals surface area (Å²) in [7, 11) is -2.23. The lowest BCUT2D eigenvalue weighted by molar-refractivity contribution is -0.160. The first-order chi connectivity index (χ1) is 13.2. The van der Waals surface area contributed by atoms with Crippen molar-refractivity contribution in [1.29, 1.82) is 0 Å². The highest BCUT2D eigenvalue weighted by atomic mass is 35.5. The van der Waals surface area contributed by atoms with Crippen LogP contribution in [0, 0.1) is 0 Å². The number of hydrogen-bond donors (Lipinski definition) is 1. The summed E-state index contributed by atoms with van der Waals surface area (Å²) >= 11 is 6.21. The Balaban J connectivity index is 3.40. The van der Waals surface area contributed by atoms with Crippen molar-refractivity contribution in [2.24, 2.45) is 0 Å². The zero-order chi connectivity index (χ0) is 22.5. The lowest BCUT2D eigenvalue weighted by Gasteiger charge is -2.41. The summed E-state index contributed by atoms with van der Waals surface area (Å²) in [6.07, 6.45) is 0.538. The molecule has 0 aliphatic rings. The Hall–Kier alpha value is -1.21. The molecule has 1 rings (SSSR count). The molecule has 164 valence electrons. The van der Waals surface area contributed by atoms with Gasteiger partial charge in [0.25, 0.3) is 0 Å². The first kappa shape index (κ1) is 25.8. The van der Waals surface area contributed by atoms with Crippen LogP contribution in [0.4, 0.5) is 0 Å². The minimum Gasteiger partial charge on any atom is -0.459 e. The lowest BCUT2D eigenvalue weighted by atomic mass is 9.96. The van der Waals surface area contributed by atoms with E-state index in [1.165, 1.54) is 0 Å². The second kappa shape index (κ2) is 10.2. The minimum absolute atomic E-state index is 0.0512. The van der Waals surface area contributed by atoms with E-state index in [1.54, 1.807) is 12.1 Å². The summed E-state index contributed by atoms with van der Waals surface area (Å²) in [6.45, 7) is 16.6. The first-order valence-electron chi connectivity index (χ1n) is 10.0. The molecule has 0 heterocycles. The van der Waals surface area contributed by atoms with Crippen molar-refractivity contribution in [3.05, 3.63) is 34.9 Å². The summed E-state index contributed by atoms with van der Waals surface area (Å²) in [4.78, 5) is 24.1. The molecule has 1 aromatic carbocycles. The van der Waals surface area contributed by atoms with Crippen LogP contribution in [0.5, 0.6) is 0 Å². The molecule has 0 saturated heterocycles. The van der Waals surface area contributed by atoms with Crippen molar-refractivity contribution in [1.82, 2.24) is 5.32 Å². The van der Waals surface area contributed by atoms with Gasteiger partial charge in [-0.3, -0.25) is 10.1 Å². The van der Waals surface area contributed by atoms with Gasteiger partial charge in [0.1, 0.15) is 24.0 Å². The van der Waals surface area contributed by atoms with E-state index < -0.39 is 26.1 Å². The Morgan fingerprint density at radius 3 is 2.31 bits per heavy atom. The number of esters is 1. The molecule has 1 unspecified atom stereocenters. The summed E-state index contributed by atoms with van der Waals surface area (Å²) in [6, 6.07) is 7.19. The summed E-state index contributed by atoms with van der Waals surface area (Å²) in [5, 5.41) is 3.76. The maximum atomic E-state index is 13.2. The van der Waals surface area contributed by atoms with E-state index in [0.717, 1.165) is 6.29 Å². The predicted molar refractivity (Wildman–Crippen MR) is 121 cm³/mol. The van der Waals surface area contributed by atoms with Gasteiger partial charge >= 0.3 is 5.97 Å². The molecule has 0 spiro atoms. The number of carbonyl (C=O) groups is 2. The molecule has 7 heteroatoms. The largest absolute Gasteiger partial charge is 0.459 e. The molecule has 2 atom stereocenters. The molecule has 5 nitrogen and oxygen atoms in total. The van der Waals surface area contributed by atoms with Gasteiger partial charge in [0, 0.05) is 18.0 Å². The second-order valence-corrected chi connectivity index (χ2v) is 15.0. The Labute approximate surface area is 181 Å². The number of ether oxygens (including phenoxy) is 1. The van der Waals surface area contributed by atoms with Gasteiger partial charge in [-0.25, -0.2) is 0 Å². The molecule has 29 heavy (non-hydrogen) atoms. The number of benzene rings is 1. The third-order valence-corrected chi connectivity index (χ3v) is 9.70. The zero-order valence-corrected chi connectivity index (χ0v) is 20.7. The van der Waals surface area contributed by atoms with Gasteiger partial charge in [-0.05, 0) is 56.6 Å². The van der Waals surface area contributed by atoms with Crippen molar-refractivity contribution < 1.29 is 18.8 Å². The zero-order valence-electron chi connectivity index (χ0n) is 19.0. The van der Waals surface area contributed by atoms with E-state index in [1.807, 2.05) is 32.9 Å². The Bertz CT molecular complexity index is 695. The maximum absolute atomic E-state index is 13.2. The van der Waals surface area contributed by atoms with Crippen LogP contribution in [0.2, 0.25) is 23.2 Å². The van der Waals surface area contributed by atoms with Gasteiger partial charge in [0.05, 0.1) is 0 Å². The fraction of sp³-hybridized carbons (Fsp3) is 0.636. The average Bonchev–Trinajstić information content (AvgIpc) is 2.52. The molecule has 1 aromatic rings. The summed E-state index contributed by atoms with van der Waals surface area (Å²) in [5.74, 6) is -1.10. The molecule has 0 aliphatic carbocycles. The SMILES string of the molecule is CC(C)(C)OC(=O)[C@H](c1cccc(Cl)c1)C(NCCC=O)O[Si](C)(C)C(C)(C)C. The molecule has 0 aliphatic heterocycles. The second-order valence-electron chi connectivity index (χ2n) is 9.77. The highest BCUT2D eigenvalue weighted by molar-refractivity contribution is 6.74. The minimum atomic E-state index is -2.23. The smallest absolute Gasteiger partial charge is 0.317 e. The molecule has 0 fully saturated rings. The van der Waals surface area contributed by atoms with Crippen molar-refractivity contribution in [3.8, 4) is 0 Å². The van der Waals surface area contributed by atoms with Gasteiger partial charge in [-0.15, -0.1) is 0 Å². The van der Waals surface area contributed by atoms with Crippen molar-refractivity contribution >= 4 is 32.2 Å². The van der Waals surface area contributed by atoms with Crippen molar-refractivity contribution in [2.45, 2.75) is 83.8 Å². The number of carbonyl (C=O) groups excluding carboxylic acids is 2. The van der Waals surface area contributed by atoms with Gasteiger partial charge in [-0.2, -0.15) is 0 Å². The van der Waals surface area contributed by atoms with Crippen LogP contribution in [0.15, 0.2) is 24.3 Å². The fourth-order valence-electron chi connectivity index (χ4n) is 2.51. The van der Waals surface area contributed by atoms with E-state index in [2.05, 4.69) is 39.2 Å². The van der Waals surface area contributed by atoms with Gasteiger partial charge in [-0.1, -0.05) is 44.5 Å². The quantitative estimate of drug-likeness (QED) is 0.185. The fourth-order valence-corrected chi connectivity index (χ4v) is 3.91. The molecular weight excluding hydrogens is 406 g/mol.